The van der Waals surface area contributed by atoms with E-state index < -0.39 is 5.76 Å². The van der Waals surface area contributed by atoms with Gasteiger partial charge in [0.2, 0.25) is 0 Å². The second-order valence-corrected chi connectivity index (χ2v) is 5.16. The molecule has 0 saturated heterocycles. The first-order valence-corrected chi connectivity index (χ1v) is 7.59. The molecular formula is C16H21N3O5. The van der Waals surface area contributed by atoms with Gasteiger partial charge < -0.3 is 14.4 Å². The molecule has 1 heterocycles. The molecule has 0 spiro atoms. The Morgan fingerprint density at radius 3 is 2.71 bits per heavy atom. The number of nitrogens with one attached hydrogen (secondary N) is 1. The average Bonchev–Trinajstić information content (AvgIpc) is 3.04. The fourth-order valence-electron chi connectivity index (χ4n) is 2.25. The van der Waals surface area contributed by atoms with Gasteiger partial charge in [-0.1, -0.05) is 17.3 Å². The topological polar surface area (TPSA) is 97.7 Å². The van der Waals surface area contributed by atoms with E-state index in [0.29, 0.717) is 37.4 Å². The minimum Gasteiger partial charge on any atom is -0.385 e. The van der Waals surface area contributed by atoms with Gasteiger partial charge in [-0.2, -0.15) is 0 Å². The van der Waals surface area contributed by atoms with E-state index in [1.54, 1.807) is 43.4 Å². The van der Waals surface area contributed by atoms with Gasteiger partial charge in [0, 0.05) is 45.0 Å². The summed E-state index contributed by atoms with van der Waals surface area (Å²) >= 11 is 0. The molecule has 1 N–H and O–H groups in total. The number of hydrogen-bond acceptors (Lipinski definition) is 6. The number of ether oxygens (including phenoxy) is 2. The summed E-state index contributed by atoms with van der Waals surface area (Å²) in [4.78, 5) is 28.0. The fourth-order valence-corrected chi connectivity index (χ4v) is 2.25. The van der Waals surface area contributed by atoms with Gasteiger partial charge in [-0.05, 0) is 18.6 Å². The van der Waals surface area contributed by atoms with Crippen molar-refractivity contribution in [2.75, 3.05) is 40.5 Å². The summed E-state index contributed by atoms with van der Waals surface area (Å²) < 4.78 is 14.6. The van der Waals surface area contributed by atoms with Gasteiger partial charge in [-0.25, -0.2) is 4.79 Å². The van der Waals surface area contributed by atoms with E-state index in [1.807, 2.05) is 0 Å². The molecule has 1 aromatic carbocycles. The van der Waals surface area contributed by atoms with Gasteiger partial charge in [0.1, 0.15) is 0 Å². The lowest BCUT2D eigenvalue weighted by atomic mass is 10.1. The van der Waals surface area contributed by atoms with Crippen LogP contribution in [0, 0.1) is 0 Å². The van der Waals surface area contributed by atoms with Crippen LogP contribution in [-0.2, 0) is 9.47 Å². The van der Waals surface area contributed by atoms with Gasteiger partial charge >= 0.3 is 5.76 Å². The maximum atomic E-state index is 12.7. The molecule has 0 unspecified atom stereocenters. The third kappa shape index (κ3) is 4.77. The van der Waals surface area contributed by atoms with Crippen molar-refractivity contribution < 1.29 is 18.8 Å². The number of nitrogens with zero attached hydrogens (tertiary/aromatic N) is 2. The van der Waals surface area contributed by atoms with Crippen LogP contribution in [0.1, 0.15) is 16.8 Å². The molecule has 0 saturated carbocycles. The SMILES string of the molecule is COCCCN(CCOC)C(=O)c1cccc(-c2noc(=O)[nH]2)c1. The third-order valence-corrected chi connectivity index (χ3v) is 3.45. The van der Waals surface area contributed by atoms with Crippen molar-refractivity contribution in [3.05, 3.63) is 40.4 Å². The minimum atomic E-state index is -0.636. The highest BCUT2D eigenvalue weighted by Crippen LogP contribution is 2.16. The molecule has 24 heavy (non-hydrogen) atoms. The molecule has 0 radical (unpaired) electrons. The Bertz CT molecular complexity index is 709. The zero-order valence-electron chi connectivity index (χ0n) is 13.8. The number of amides is 1. The van der Waals surface area contributed by atoms with Crippen LogP contribution >= 0.6 is 0 Å². The summed E-state index contributed by atoms with van der Waals surface area (Å²) in [6.45, 7) is 2.09. The maximum Gasteiger partial charge on any atom is 0.439 e. The summed E-state index contributed by atoms with van der Waals surface area (Å²) in [7, 11) is 3.23. The average molecular weight is 335 g/mol. The summed E-state index contributed by atoms with van der Waals surface area (Å²) in [5.74, 6) is -0.462. The fraction of sp³-hybridized carbons (Fsp3) is 0.438. The highest BCUT2D eigenvalue weighted by atomic mass is 16.5. The first-order valence-electron chi connectivity index (χ1n) is 7.59. The van der Waals surface area contributed by atoms with Crippen molar-refractivity contribution >= 4 is 5.91 Å². The molecule has 0 aliphatic carbocycles. The number of carbonyl (C=O) groups excluding carboxylic acids is 1. The molecular weight excluding hydrogens is 314 g/mol. The normalized spacial score (nSPS) is 10.8. The van der Waals surface area contributed by atoms with E-state index in [1.165, 1.54) is 0 Å². The van der Waals surface area contributed by atoms with Crippen LogP contribution in [0.15, 0.2) is 33.6 Å². The number of rotatable bonds is 9. The molecule has 0 aliphatic rings. The molecule has 2 aromatic rings. The maximum absolute atomic E-state index is 12.7. The molecule has 0 fully saturated rings. The second-order valence-electron chi connectivity index (χ2n) is 5.16. The lowest BCUT2D eigenvalue weighted by Crippen LogP contribution is -2.35. The standard InChI is InChI=1S/C16H21N3O5/c1-22-9-4-7-19(8-10-23-2)15(20)13-6-3-5-12(11-13)14-17-16(21)24-18-14/h3,5-6,11H,4,7-10H2,1-2H3,(H,17,18,21). The number of aromatic amines is 1. The summed E-state index contributed by atoms with van der Waals surface area (Å²) in [6.07, 6.45) is 0.738. The number of H-pyrrole nitrogens is 1. The first kappa shape index (κ1) is 17.9. The van der Waals surface area contributed by atoms with Gasteiger partial charge in [0.05, 0.1) is 6.61 Å². The number of aromatic nitrogens is 2. The predicted molar refractivity (Wildman–Crippen MR) is 86.8 cm³/mol. The van der Waals surface area contributed by atoms with Crippen LogP contribution < -0.4 is 5.76 Å². The van der Waals surface area contributed by atoms with Crippen molar-refractivity contribution in [3.8, 4) is 11.4 Å². The van der Waals surface area contributed by atoms with E-state index in [-0.39, 0.29) is 11.7 Å². The van der Waals surface area contributed by atoms with E-state index in [2.05, 4.69) is 14.7 Å². The molecule has 0 bridgehead atoms. The molecule has 2 rings (SSSR count). The highest BCUT2D eigenvalue weighted by Gasteiger charge is 2.16. The largest absolute Gasteiger partial charge is 0.439 e. The van der Waals surface area contributed by atoms with Crippen molar-refractivity contribution in [3.63, 3.8) is 0 Å². The van der Waals surface area contributed by atoms with Crippen molar-refractivity contribution in [2.45, 2.75) is 6.42 Å². The molecule has 1 aromatic heterocycles. The van der Waals surface area contributed by atoms with Gasteiger partial charge in [-0.3, -0.25) is 14.3 Å². The Morgan fingerprint density at radius 1 is 1.25 bits per heavy atom. The van der Waals surface area contributed by atoms with E-state index in [0.717, 1.165) is 6.42 Å². The second kappa shape index (κ2) is 8.99. The van der Waals surface area contributed by atoms with Crippen molar-refractivity contribution in [1.82, 2.24) is 15.0 Å². The molecule has 1 amide bonds. The van der Waals surface area contributed by atoms with Gasteiger partial charge in [0.15, 0.2) is 5.82 Å². The summed E-state index contributed by atoms with van der Waals surface area (Å²) in [5.41, 5.74) is 1.11. The van der Waals surface area contributed by atoms with Crippen LogP contribution in [0.2, 0.25) is 0 Å². The Hall–Kier alpha value is -2.45. The quantitative estimate of drug-likeness (QED) is 0.691. The number of hydrogen-bond donors (Lipinski definition) is 1. The molecule has 130 valence electrons. The smallest absolute Gasteiger partial charge is 0.385 e. The van der Waals surface area contributed by atoms with Crippen LogP contribution in [0.25, 0.3) is 11.4 Å². The first-order chi connectivity index (χ1) is 11.7. The molecule has 0 aliphatic heterocycles. The lowest BCUT2D eigenvalue weighted by molar-refractivity contribution is 0.0674. The van der Waals surface area contributed by atoms with Crippen LogP contribution in [0.5, 0.6) is 0 Å². The van der Waals surface area contributed by atoms with Crippen LogP contribution in [-0.4, -0.2) is 61.5 Å². The highest BCUT2D eigenvalue weighted by molar-refractivity contribution is 5.95. The molecule has 0 atom stereocenters. The number of benzene rings is 1. The predicted octanol–water partition coefficient (Wildman–Crippen LogP) is 1.15. The van der Waals surface area contributed by atoms with E-state index >= 15 is 0 Å². The van der Waals surface area contributed by atoms with Gasteiger partial charge in [-0.15, -0.1) is 0 Å². The Balaban J connectivity index is 2.17. The van der Waals surface area contributed by atoms with E-state index in [4.69, 9.17) is 9.47 Å². The Labute approximate surface area is 139 Å². The molecule has 8 nitrogen and oxygen atoms in total. The molecule has 8 heteroatoms. The Morgan fingerprint density at radius 2 is 2.04 bits per heavy atom. The zero-order chi connectivity index (χ0) is 17.4. The minimum absolute atomic E-state index is 0.115. The van der Waals surface area contributed by atoms with Crippen molar-refractivity contribution in [1.29, 1.82) is 0 Å². The Kier molecular flexibility index (Phi) is 6.71. The van der Waals surface area contributed by atoms with Crippen molar-refractivity contribution in [2.24, 2.45) is 0 Å². The van der Waals surface area contributed by atoms with Gasteiger partial charge in [0.25, 0.3) is 5.91 Å². The monoisotopic (exact) mass is 335 g/mol. The zero-order valence-corrected chi connectivity index (χ0v) is 13.8. The summed E-state index contributed by atoms with van der Waals surface area (Å²) in [6, 6.07) is 6.88. The third-order valence-electron chi connectivity index (χ3n) is 3.45. The van der Waals surface area contributed by atoms with E-state index in [9.17, 15) is 9.59 Å². The summed E-state index contributed by atoms with van der Waals surface area (Å²) in [5, 5.41) is 3.64. The lowest BCUT2D eigenvalue weighted by Gasteiger charge is -2.22. The number of methoxy groups -OCH3 is 2. The number of carbonyl (C=O) groups is 1. The van der Waals surface area contributed by atoms with Crippen LogP contribution in [0.3, 0.4) is 0 Å². The van der Waals surface area contributed by atoms with Crippen LogP contribution in [0.4, 0.5) is 0 Å².